The predicted molar refractivity (Wildman–Crippen MR) is 66.8 cm³/mol. The number of hydrogen-bond acceptors (Lipinski definition) is 1. The Morgan fingerprint density at radius 2 is 2.12 bits per heavy atom. The number of nitrogens with zero attached hydrogens (tertiary/aromatic N) is 1. The normalized spacial score (nSPS) is 22.5. The Bertz CT molecular complexity index is 425. The molecule has 0 aliphatic heterocycles. The zero-order valence-electron chi connectivity index (χ0n) is 9.69. The van der Waals surface area contributed by atoms with Crippen molar-refractivity contribution in [2.45, 2.75) is 32.1 Å². The summed E-state index contributed by atoms with van der Waals surface area (Å²) in [6.07, 6.45) is 7.91. The van der Waals surface area contributed by atoms with Gasteiger partial charge in [0, 0.05) is 0 Å². The van der Waals surface area contributed by atoms with Gasteiger partial charge in [-0.2, -0.15) is 5.26 Å². The van der Waals surface area contributed by atoms with E-state index in [1.165, 1.54) is 24.0 Å². The van der Waals surface area contributed by atoms with Gasteiger partial charge in [-0.1, -0.05) is 56.2 Å². The van der Waals surface area contributed by atoms with Gasteiger partial charge in [-0.05, 0) is 23.5 Å². The molecule has 0 spiro atoms. The maximum Gasteiger partial charge on any atom is 0.0781 e. The van der Waals surface area contributed by atoms with Gasteiger partial charge < -0.3 is 0 Å². The molecule has 1 aliphatic rings. The van der Waals surface area contributed by atoms with Crippen LogP contribution in [-0.4, -0.2) is 0 Å². The molecule has 0 fully saturated rings. The fraction of sp³-hybridized carbons (Fsp3) is 0.400. The van der Waals surface area contributed by atoms with Gasteiger partial charge in [0.15, 0.2) is 0 Å². The average Bonchev–Trinajstić information content (AvgIpc) is 2.35. The van der Waals surface area contributed by atoms with Crippen molar-refractivity contribution < 1.29 is 0 Å². The van der Waals surface area contributed by atoms with Gasteiger partial charge in [-0.25, -0.2) is 0 Å². The van der Waals surface area contributed by atoms with E-state index in [9.17, 15) is 5.26 Å². The third kappa shape index (κ3) is 2.02. The quantitative estimate of drug-likeness (QED) is 0.737. The first kappa shape index (κ1) is 11.0. The fourth-order valence-electron chi connectivity index (χ4n) is 2.38. The van der Waals surface area contributed by atoms with Gasteiger partial charge in [0.1, 0.15) is 0 Å². The third-order valence-corrected chi connectivity index (χ3v) is 3.31. The van der Waals surface area contributed by atoms with Crippen LogP contribution in [0.2, 0.25) is 0 Å². The molecule has 0 saturated carbocycles. The Balaban J connectivity index is 2.26. The Hall–Kier alpha value is -1.55. The third-order valence-electron chi connectivity index (χ3n) is 3.31. The molecule has 0 heterocycles. The molecule has 0 radical (unpaired) electrons. The maximum atomic E-state index is 9.32. The molecule has 0 bridgehead atoms. The molecule has 1 heteroatoms. The molecule has 0 saturated heterocycles. The molecule has 1 nitrogen and oxygen atoms in total. The second-order valence-electron chi connectivity index (χ2n) is 4.40. The Kier molecular flexibility index (Phi) is 3.41. The van der Waals surface area contributed by atoms with Crippen molar-refractivity contribution in [1.29, 1.82) is 5.26 Å². The summed E-state index contributed by atoms with van der Waals surface area (Å²) in [6.45, 7) is 2.20. The van der Waals surface area contributed by atoms with Crippen LogP contribution in [0.3, 0.4) is 0 Å². The zero-order valence-corrected chi connectivity index (χ0v) is 9.69. The fourth-order valence-corrected chi connectivity index (χ4v) is 2.38. The minimum atomic E-state index is 0.0488. The highest BCUT2D eigenvalue weighted by Gasteiger charge is 2.25. The van der Waals surface area contributed by atoms with Crippen molar-refractivity contribution >= 4 is 6.08 Å². The minimum absolute atomic E-state index is 0.0488. The van der Waals surface area contributed by atoms with Crippen molar-refractivity contribution in [1.82, 2.24) is 0 Å². The average molecular weight is 211 g/mol. The Labute approximate surface area is 97.4 Å². The zero-order chi connectivity index (χ0) is 11.4. The highest BCUT2D eigenvalue weighted by atomic mass is 14.3. The molecule has 2 atom stereocenters. The van der Waals surface area contributed by atoms with Crippen LogP contribution in [0.15, 0.2) is 30.3 Å². The van der Waals surface area contributed by atoms with E-state index in [0.29, 0.717) is 5.92 Å². The lowest BCUT2D eigenvalue weighted by Gasteiger charge is -2.24. The molecule has 1 aromatic carbocycles. The molecule has 82 valence electrons. The molecule has 0 aromatic heterocycles. The van der Waals surface area contributed by atoms with Crippen LogP contribution in [0.4, 0.5) is 0 Å². The number of fused-ring (bicyclic) bond motifs is 1. The van der Waals surface area contributed by atoms with E-state index in [0.717, 1.165) is 6.42 Å². The highest BCUT2D eigenvalue weighted by Crippen LogP contribution is 2.36. The van der Waals surface area contributed by atoms with Crippen LogP contribution in [0.1, 0.15) is 43.2 Å². The van der Waals surface area contributed by atoms with Crippen LogP contribution in [0.25, 0.3) is 6.08 Å². The van der Waals surface area contributed by atoms with Gasteiger partial charge in [0.2, 0.25) is 0 Å². The molecule has 1 aliphatic carbocycles. The smallest absolute Gasteiger partial charge is 0.0781 e. The molecule has 2 unspecified atom stereocenters. The van der Waals surface area contributed by atoms with Crippen LogP contribution in [-0.2, 0) is 0 Å². The van der Waals surface area contributed by atoms with Gasteiger partial charge in [0.25, 0.3) is 0 Å². The SMILES string of the molecule is CCCCC1C=Cc2ccccc2C1C#N. The topological polar surface area (TPSA) is 23.8 Å². The summed E-state index contributed by atoms with van der Waals surface area (Å²) < 4.78 is 0. The van der Waals surface area contributed by atoms with E-state index in [-0.39, 0.29) is 5.92 Å². The van der Waals surface area contributed by atoms with Crippen LogP contribution in [0, 0.1) is 17.2 Å². The first-order valence-electron chi connectivity index (χ1n) is 6.03. The minimum Gasteiger partial charge on any atom is -0.198 e. The molecular formula is C15H17N. The Morgan fingerprint density at radius 1 is 1.31 bits per heavy atom. The monoisotopic (exact) mass is 211 g/mol. The van der Waals surface area contributed by atoms with Crippen molar-refractivity contribution in [2.75, 3.05) is 0 Å². The number of unbranched alkanes of at least 4 members (excludes halogenated alkanes) is 1. The number of hydrogen-bond donors (Lipinski definition) is 0. The van der Waals surface area contributed by atoms with E-state index in [4.69, 9.17) is 0 Å². The maximum absolute atomic E-state index is 9.32. The summed E-state index contributed by atoms with van der Waals surface area (Å²) in [5.74, 6) is 0.451. The molecule has 2 rings (SSSR count). The van der Waals surface area contributed by atoms with E-state index in [1.807, 2.05) is 12.1 Å². The lowest BCUT2D eigenvalue weighted by Crippen LogP contribution is -2.13. The molecular weight excluding hydrogens is 194 g/mol. The summed E-state index contributed by atoms with van der Waals surface area (Å²) in [6, 6.07) is 10.7. The van der Waals surface area contributed by atoms with E-state index in [1.54, 1.807) is 0 Å². The first-order chi connectivity index (χ1) is 7.86. The predicted octanol–water partition coefficient (Wildman–Crippen LogP) is 4.13. The van der Waals surface area contributed by atoms with Gasteiger partial charge in [0.05, 0.1) is 12.0 Å². The van der Waals surface area contributed by atoms with Gasteiger partial charge in [-0.3, -0.25) is 0 Å². The van der Waals surface area contributed by atoms with E-state index >= 15 is 0 Å². The van der Waals surface area contributed by atoms with Crippen molar-refractivity contribution in [3.63, 3.8) is 0 Å². The summed E-state index contributed by atoms with van der Waals surface area (Å²) in [4.78, 5) is 0. The summed E-state index contributed by atoms with van der Waals surface area (Å²) in [5, 5.41) is 9.32. The van der Waals surface area contributed by atoms with E-state index < -0.39 is 0 Å². The Morgan fingerprint density at radius 3 is 2.88 bits per heavy atom. The number of benzene rings is 1. The van der Waals surface area contributed by atoms with Crippen molar-refractivity contribution in [3.05, 3.63) is 41.5 Å². The number of rotatable bonds is 3. The summed E-state index contributed by atoms with van der Waals surface area (Å²) >= 11 is 0. The molecule has 1 aromatic rings. The highest BCUT2D eigenvalue weighted by molar-refractivity contribution is 5.59. The standard InChI is InChI=1S/C15H17N/c1-2-3-6-13-10-9-12-7-4-5-8-14(12)15(13)11-16/h4-5,7-10,13,15H,2-3,6H2,1H3. The number of nitriles is 1. The molecule has 0 amide bonds. The van der Waals surface area contributed by atoms with Crippen LogP contribution in [0.5, 0.6) is 0 Å². The van der Waals surface area contributed by atoms with Gasteiger partial charge >= 0.3 is 0 Å². The van der Waals surface area contributed by atoms with Crippen LogP contribution >= 0.6 is 0 Å². The van der Waals surface area contributed by atoms with Crippen LogP contribution < -0.4 is 0 Å². The van der Waals surface area contributed by atoms with Gasteiger partial charge in [-0.15, -0.1) is 0 Å². The summed E-state index contributed by atoms with van der Waals surface area (Å²) in [7, 11) is 0. The first-order valence-corrected chi connectivity index (χ1v) is 6.03. The van der Waals surface area contributed by atoms with Crippen molar-refractivity contribution in [3.8, 4) is 6.07 Å². The lowest BCUT2D eigenvalue weighted by atomic mass is 9.78. The largest absolute Gasteiger partial charge is 0.198 e. The van der Waals surface area contributed by atoms with E-state index in [2.05, 4.69) is 37.3 Å². The molecule has 16 heavy (non-hydrogen) atoms. The summed E-state index contributed by atoms with van der Waals surface area (Å²) in [5.41, 5.74) is 2.41. The molecule has 0 N–H and O–H groups in total. The second kappa shape index (κ2) is 4.99. The lowest BCUT2D eigenvalue weighted by molar-refractivity contribution is 0.513. The number of allylic oxidation sites excluding steroid dienone is 1. The van der Waals surface area contributed by atoms with Crippen molar-refractivity contribution in [2.24, 2.45) is 5.92 Å². The second-order valence-corrected chi connectivity index (χ2v) is 4.40.